The molecule has 0 saturated carbocycles. The van der Waals surface area contributed by atoms with E-state index in [4.69, 9.17) is 4.74 Å². The van der Waals surface area contributed by atoms with Crippen LogP contribution in [0.15, 0.2) is 47.4 Å². The molecule has 0 heterocycles. The average Bonchev–Trinajstić information content (AvgIpc) is 2.62. The van der Waals surface area contributed by atoms with Gasteiger partial charge < -0.3 is 10.1 Å². The summed E-state index contributed by atoms with van der Waals surface area (Å²) >= 11 is 0. The molecule has 0 atom stereocenters. The van der Waals surface area contributed by atoms with Gasteiger partial charge in [0, 0.05) is 18.8 Å². The highest BCUT2D eigenvalue weighted by molar-refractivity contribution is 7.89. The van der Waals surface area contributed by atoms with E-state index in [9.17, 15) is 13.2 Å². The van der Waals surface area contributed by atoms with E-state index in [1.165, 1.54) is 10.4 Å². The second-order valence-electron chi connectivity index (χ2n) is 6.22. The van der Waals surface area contributed by atoms with Gasteiger partial charge in [-0.1, -0.05) is 32.0 Å². The van der Waals surface area contributed by atoms with Gasteiger partial charge in [-0.15, -0.1) is 0 Å². The first-order valence-electron chi connectivity index (χ1n) is 8.88. The molecule has 6 nitrogen and oxygen atoms in total. The Hall–Kier alpha value is -2.38. The maximum Gasteiger partial charge on any atom is 0.262 e. The summed E-state index contributed by atoms with van der Waals surface area (Å²) in [6.45, 7) is 7.89. The summed E-state index contributed by atoms with van der Waals surface area (Å²) in [5.74, 6) is 0.255. The molecule has 7 heteroatoms. The SMILES string of the molecule is CCN(CC)S(=O)(=O)c1cc(NC(=O)COc2cccc(C)c2)ccc1C. The molecule has 0 aliphatic heterocycles. The molecule has 0 aliphatic rings. The number of anilines is 1. The lowest BCUT2D eigenvalue weighted by atomic mass is 10.2. The van der Waals surface area contributed by atoms with E-state index in [0.717, 1.165) is 5.56 Å². The fraction of sp³-hybridized carbons (Fsp3) is 0.350. The van der Waals surface area contributed by atoms with E-state index < -0.39 is 10.0 Å². The van der Waals surface area contributed by atoms with Crippen molar-refractivity contribution in [3.8, 4) is 5.75 Å². The highest BCUT2D eigenvalue weighted by atomic mass is 32.2. The van der Waals surface area contributed by atoms with Crippen LogP contribution in [0.25, 0.3) is 0 Å². The van der Waals surface area contributed by atoms with Gasteiger partial charge in [0.15, 0.2) is 6.61 Å². The molecule has 0 aromatic heterocycles. The first-order chi connectivity index (χ1) is 12.8. The van der Waals surface area contributed by atoms with Crippen LogP contribution in [0.5, 0.6) is 5.75 Å². The summed E-state index contributed by atoms with van der Waals surface area (Å²) < 4.78 is 32.4. The van der Waals surface area contributed by atoms with Crippen LogP contribution in [0.1, 0.15) is 25.0 Å². The number of carbonyl (C=O) groups is 1. The number of nitrogens with zero attached hydrogens (tertiary/aromatic N) is 1. The van der Waals surface area contributed by atoms with Crippen molar-refractivity contribution >= 4 is 21.6 Å². The molecule has 0 spiro atoms. The molecule has 0 unspecified atom stereocenters. The van der Waals surface area contributed by atoms with Gasteiger partial charge in [-0.25, -0.2) is 8.42 Å². The molecule has 27 heavy (non-hydrogen) atoms. The third-order valence-electron chi connectivity index (χ3n) is 4.15. The number of carbonyl (C=O) groups excluding carboxylic acids is 1. The predicted molar refractivity (Wildman–Crippen MR) is 107 cm³/mol. The van der Waals surface area contributed by atoms with Crippen molar-refractivity contribution in [3.05, 3.63) is 53.6 Å². The molecule has 0 fully saturated rings. The van der Waals surface area contributed by atoms with Gasteiger partial charge in [-0.2, -0.15) is 4.31 Å². The van der Waals surface area contributed by atoms with Crippen LogP contribution in [0.2, 0.25) is 0 Å². The molecule has 146 valence electrons. The molecule has 1 N–H and O–H groups in total. The second kappa shape index (κ2) is 9.01. The lowest BCUT2D eigenvalue weighted by Gasteiger charge is -2.20. The smallest absolute Gasteiger partial charge is 0.262 e. The Balaban J connectivity index is 2.12. The summed E-state index contributed by atoms with van der Waals surface area (Å²) in [6.07, 6.45) is 0. The molecule has 1 amide bonds. The Morgan fingerprint density at radius 1 is 1.07 bits per heavy atom. The third-order valence-corrected chi connectivity index (χ3v) is 6.35. The van der Waals surface area contributed by atoms with E-state index in [-0.39, 0.29) is 17.4 Å². The first kappa shape index (κ1) is 20.9. The Morgan fingerprint density at radius 3 is 2.41 bits per heavy atom. The minimum atomic E-state index is -3.60. The van der Waals surface area contributed by atoms with E-state index in [0.29, 0.717) is 30.1 Å². The Labute approximate surface area is 161 Å². The fourth-order valence-electron chi connectivity index (χ4n) is 2.71. The van der Waals surface area contributed by atoms with Gasteiger partial charge in [0.25, 0.3) is 5.91 Å². The van der Waals surface area contributed by atoms with Crippen molar-refractivity contribution in [2.45, 2.75) is 32.6 Å². The molecular weight excluding hydrogens is 364 g/mol. The van der Waals surface area contributed by atoms with Crippen LogP contribution in [0.4, 0.5) is 5.69 Å². The Kier molecular flexibility index (Phi) is 6.98. The van der Waals surface area contributed by atoms with Gasteiger partial charge in [-0.05, 0) is 49.2 Å². The lowest BCUT2D eigenvalue weighted by Crippen LogP contribution is -2.31. The van der Waals surface area contributed by atoms with E-state index in [2.05, 4.69) is 5.32 Å². The number of hydrogen-bond donors (Lipinski definition) is 1. The van der Waals surface area contributed by atoms with Gasteiger partial charge >= 0.3 is 0 Å². The average molecular weight is 391 g/mol. The zero-order valence-electron chi connectivity index (χ0n) is 16.2. The molecule has 0 saturated heterocycles. The fourth-order valence-corrected chi connectivity index (χ4v) is 4.42. The van der Waals surface area contributed by atoms with Crippen LogP contribution in [0, 0.1) is 13.8 Å². The van der Waals surface area contributed by atoms with Crippen molar-refractivity contribution in [1.82, 2.24) is 4.31 Å². The summed E-state index contributed by atoms with van der Waals surface area (Å²) in [5.41, 5.74) is 2.10. The maximum atomic E-state index is 12.8. The summed E-state index contributed by atoms with van der Waals surface area (Å²) in [4.78, 5) is 12.4. The molecular formula is C20H26N2O4S. The summed E-state index contributed by atoms with van der Waals surface area (Å²) in [7, 11) is -3.60. The van der Waals surface area contributed by atoms with Crippen LogP contribution in [0.3, 0.4) is 0 Å². The highest BCUT2D eigenvalue weighted by Crippen LogP contribution is 2.23. The number of amides is 1. The predicted octanol–water partition coefficient (Wildman–Crippen LogP) is 3.35. The first-order valence-corrected chi connectivity index (χ1v) is 10.3. The van der Waals surface area contributed by atoms with Crippen molar-refractivity contribution in [3.63, 3.8) is 0 Å². The quantitative estimate of drug-likeness (QED) is 0.750. The van der Waals surface area contributed by atoms with E-state index in [1.54, 1.807) is 39.0 Å². The highest BCUT2D eigenvalue weighted by Gasteiger charge is 2.24. The summed E-state index contributed by atoms with van der Waals surface area (Å²) in [5, 5.41) is 2.69. The zero-order chi connectivity index (χ0) is 20.0. The molecule has 2 aromatic carbocycles. The minimum absolute atomic E-state index is 0.157. The summed E-state index contributed by atoms with van der Waals surface area (Å²) in [6, 6.07) is 12.3. The lowest BCUT2D eigenvalue weighted by molar-refractivity contribution is -0.118. The van der Waals surface area contributed by atoms with E-state index in [1.807, 2.05) is 25.1 Å². The number of nitrogens with one attached hydrogen (secondary N) is 1. The van der Waals surface area contributed by atoms with Crippen molar-refractivity contribution in [1.29, 1.82) is 0 Å². The van der Waals surface area contributed by atoms with Crippen molar-refractivity contribution in [2.75, 3.05) is 25.0 Å². The maximum absolute atomic E-state index is 12.8. The van der Waals surface area contributed by atoms with Crippen molar-refractivity contribution in [2.24, 2.45) is 0 Å². The number of aryl methyl sites for hydroxylation is 2. The number of rotatable bonds is 8. The van der Waals surface area contributed by atoms with Crippen LogP contribution in [-0.2, 0) is 14.8 Å². The number of hydrogen-bond acceptors (Lipinski definition) is 4. The largest absolute Gasteiger partial charge is 0.484 e. The van der Waals surface area contributed by atoms with E-state index >= 15 is 0 Å². The zero-order valence-corrected chi connectivity index (χ0v) is 17.0. The van der Waals surface area contributed by atoms with Crippen LogP contribution in [-0.4, -0.2) is 38.3 Å². The normalized spacial score (nSPS) is 11.4. The molecule has 2 aromatic rings. The van der Waals surface area contributed by atoms with Gasteiger partial charge in [-0.3, -0.25) is 4.79 Å². The number of benzene rings is 2. The monoisotopic (exact) mass is 390 g/mol. The molecule has 2 rings (SSSR count). The Bertz CT molecular complexity index is 906. The Morgan fingerprint density at radius 2 is 1.78 bits per heavy atom. The van der Waals surface area contributed by atoms with Gasteiger partial charge in [0.05, 0.1) is 4.90 Å². The molecule has 0 bridgehead atoms. The molecule has 0 aliphatic carbocycles. The second-order valence-corrected chi connectivity index (χ2v) is 8.13. The topological polar surface area (TPSA) is 75.7 Å². The van der Waals surface area contributed by atoms with Gasteiger partial charge in [0.2, 0.25) is 10.0 Å². The van der Waals surface area contributed by atoms with Crippen molar-refractivity contribution < 1.29 is 17.9 Å². The third kappa shape index (κ3) is 5.30. The standard InChI is InChI=1S/C20H26N2O4S/c1-5-22(6-2)27(24,25)19-13-17(11-10-16(19)4)21-20(23)14-26-18-9-7-8-15(3)12-18/h7-13H,5-6,14H2,1-4H3,(H,21,23). The van der Waals surface area contributed by atoms with Gasteiger partial charge in [0.1, 0.15) is 5.75 Å². The molecule has 0 radical (unpaired) electrons. The van der Waals surface area contributed by atoms with Crippen LogP contribution >= 0.6 is 0 Å². The van der Waals surface area contributed by atoms with Crippen LogP contribution < -0.4 is 10.1 Å². The number of ether oxygens (including phenoxy) is 1. The number of sulfonamides is 1. The minimum Gasteiger partial charge on any atom is -0.484 e.